The maximum Gasteiger partial charge on any atom is 0.271 e. The lowest BCUT2D eigenvalue weighted by Crippen LogP contribution is -2.21. The Bertz CT molecular complexity index is 579. The van der Waals surface area contributed by atoms with Crippen LogP contribution in [0, 0.1) is 0 Å². The lowest BCUT2D eigenvalue weighted by molar-refractivity contribution is -0.108. The van der Waals surface area contributed by atoms with Crippen molar-refractivity contribution in [3.05, 3.63) is 33.8 Å². The lowest BCUT2D eigenvalue weighted by Gasteiger charge is -2.04. The zero-order valence-corrected chi connectivity index (χ0v) is 8.31. The summed E-state index contributed by atoms with van der Waals surface area (Å²) < 4.78 is 1.22. The van der Waals surface area contributed by atoms with Gasteiger partial charge in [0.1, 0.15) is 17.0 Å². The maximum atomic E-state index is 11.4. The number of halogens is 1. The number of carbonyl (C=O) groups is 1. The molecule has 2 aromatic rings. The van der Waals surface area contributed by atoms with Crippen molar-refractivity contribution in [3.63, 3.8) is 0 Å². The van der Waals surface area contributed by atoms with Gasteiger partial charge in [0.05, 0.1) is 12.7 Å². The van der Waals surface area contributed by atoms with Crippen LogP contribution in [0.2, 0.25) is 5.15 Å². The highest BCUT2D eigenvalue weighted by molar-refractivity contribution is 6.29. The van der Waals surface area contributed by atoms with Gasteiger partial charge in [-0.25, -0.2) is 9.97 Å². The number of nitrogens with zero attached hydrogens (tertiary/aromatic N) is 3. The van der Waals surface area contributed by atoms with Gasteiger partial charge in [-0.15, -0.1) is 0 Å². The van der Waals surface area contributed by atoms with Crippen LogP contribution < -0.4 is 5.56 Å². The van der Waals surface area contributed by atoms with Gasteiger partial charge in [-0.3, -0.25) is 9.36 Å². The summed E-state index contributed by atoms with van der Waals surface area (Å²) in [5.41, 5.74) is 0.479. The molecule has 0 fully saturated rings. The minimum Gasteiger partial charge on any atom is -0.301 e. The number of aromatic nitrogens is 3. The van der Waals surface area contributed by atoms with Crippen LogP contribution in [-0.2, 0) is 11.3 Å². The van der Waals surface area contributed by atoms with Gasteiger partial charge in [-0.05, 0) is 12.1 Å². The topological polar surface area (TPSA) is 64.8 Å². The van der Waals surface area contributed by atoms with E-state index in [4.69, 9.17) is 11.6 Å². The molecule has 0 aliphatic carbocycles. The van der Waals surface area contributed by atoms with E-state index >= 15 is 0 Å². The molecule has 0 aromatic carbocycles. The second-order valence-electron chi connectivity index (χ2n) is 2.85. The number of fused-ring (bicyclic) bond motifs is 1. The minimum atomic E-state index is -0.371. The number of hydrogen-bond donors (Lipinski definition) is 0. The molecular formula is C9H6ClN3O2. The molecule has 0 saturated heterocycles. The first-order chi connectivity index (χ1) is 7.22. The molecule has 0 aliphatic rings. The second kappa shape index (κ2) is 3.78. The molecule has 0 N–H and O–H groups in total. The number of pyridine rings is 1. The molecule has 5 nitrogen and oxygen atoms in total. The Balaban J connectivity index is 2.84. The summed E-state index contributed by atoms with van der Waals surface area (Å²) in [6.45, 7) is -0.0504. The number of hydrogen-bond acceptors (Lipinski definition) is 4. The van der Waals surface area contributed by atoms with Gasteiger partial charge in [-0.2, -0.15) is 0 Å². The smallest absolute Gasteiger partial charge is 0.271 e. The van der Waals surface area contributed by atoms with Crippen LogP contribution in [0.3, 0.4) is 0 Å². The van der Waals surface area contributed by atoms with E-state index < -0.39 is 0 Å². The molecule has 0 spiro atoms. The lowest BCUT2D eigenvalue weighted by atomic mass is 10.4. The van der Waals surface area contributed by atoms with E-state index in [9.17, 15) is 9.59 Å². The van der Waals surface area contributed by atoms with Crippen LogP contribution in [0.1, 0.15) is 0 Å². The SMILES string of the molecule is O=CCn1c(=O)cnc2ccc(Cl)nc21. The van der Waals surface area contributed by atoms with E-state index in [0.29, 0.717) is 17.5 Å². The first-order valence-electron chi connectivity index (χ1n) is 4.18. The standard InChI is InChI=1S/C9H6ClN3O2/c10-7-2-1-6-9(12-7)13(3-4-14)8(15)5-11-6/h1-2,4-5H,3H2. The van der Waals surface area contributed by atoms with Crippen LogP contribution in [0.25, 0.3) is 11.2 Å². The largest absolute Gasteiger partial charge is 0.301 e. The van der Waals surface area contributed by atoms with Crippen molar-refractivity contribution in [2.24, 2.45) is 0 Å². The molecule has 0 saturated carbocycles. The normalized spacial score (nSPS) is 10.5. The molecule has 76 valence electrons. The van der Waals surface area contributed by atoms with Crippen LogP contribution >= 0.6 is 11.6 Å². The van der Waals surface area contributed by atoms with Crippen LogP contribution in [-0.4, -0.2) is 20.8 Å². The Morgan fingerprint density at radius 1 is 1.47 bits per heavy atom. The molecular weight excluding hydrogens is 218 g/mol. The minimum absolute atomic E-state index is 0.0504. The van der Waals surface area contributed by atoms with Crippen molar-refractivity contribution in [1.29, 1.82) is 0 Å². The van der Waals surface area contributed by atoms with Crippen molar-refractivity contribution in [2.75, 3.05) is 0 Å². The Morgan fingerprint density at radius 3 is 3.00 bits per heavy atom. The summed E-state index contributed by atoms with van der Waals surface area (Å²) in [7, 11) is 0. The van der Waals surface area contributed by atoms with Crippen molar-refractivity contribution in [2.45, 2.75) is 6.54 Å². The quantitative estimate of drug-likeness (QED) is 0.554. The predicted octanol–water partition coefficient (Wildman–Crippen LogP) is 0.644. The highest BCUT2D eigenvalue weighted by atomic mass is 35.5. The van der Waals surface area contributed by atoms with E-state index in [-0.39, 0.29) is 17.3 Å². The Kier molecular flexibility index (Phi) is 2.47. The third-order valence-corrected chi connectivity index (χ3v) is 2.12. The van der Waals surface area contributed by atoms with E-state index in [0.717, 1.165) is 6.20 Å². The first kappa shape index (κ1) is 9.79. The molecule has 15 heavy (non-hydrogen) atoms. The third-order valence-electron chi connectivity index (χ3n) is 1.91. The zero-order chi connectivity index (χ0) is 10.8. The zero-order valence-electron chi connectivity index (χ0n) is 7.55. The van der Waals surface area contributed by atoms with Gasteiger partial charge in [-0.1, -0.05) is 11.6 Å². The Morgan fingerprint density at radius 2 is 2.27 bits per heavy atom. The molecule has 6 heteroatoms. The van der Waals surface area contributed by atoms with Crippen LogP contribution in [0.4, 0.5) is 0 Å². The average Bonchev–Trinajstić information content (AvgIpc) is 2.23. The maximum absolute atomic E-state index is 11.4. The van der Waals surface area contributed by atoms with Gasteiger partial charge >= 0.3 is 0 Å². The third kappa shape index (κ3) is 1.73. The van der Waals surface area contributed by atoms with Crippen molar-refractivity contribution >= 4 is 29.1 Å². The Hall–Kier alpha value is -1.75. The fraction of sp³-hybridized carbons (Fsp3) is 0.111. The molecule has 0 atom stereocenters. The summed E-state index contributed by atoms with van der Waals surface area (Å²) in [4.78, 5) is 29.7. The molecule has 2 aromatic heterocycles. The summed E-state index contributed by atoms with van der Waals surface area (Å²) in [5.74, 6) is 0. The Labute approximate surface area is 89.3 Å². The number of aldehydes is 1. The molecule has 0 unspecified atom stereocenters. The summed E-state index contributed by atoms with van der Waals surface area (Å²) in [6.07, 6.45) is 1.78. The van der Waals surface area contributed by atoms with E-state index in [1.165, 1.54) is 4.57 Å². The van der Waals surface area contributed by atoms with E-state index in [2.05, 4.69) is 9.97 Å². The number of carbonyl (C=O) groups excluding carboxylic acids is 1. The number of rotatable bonds is 2. The average molecular weight is 224 g/mol. The van der Waals surface area contributed by atoms with E-state index in [1.54, 1.807) is 12.1 Å². The van der Waals surface area contributed by atoms with Crippen LogP contribution in [0.15, 0.2) is 23.1 Å². The monoisotopic (exact) mass is 223 g/mol. The molecule has 2 rings (SSSR count). The molecule has 0 amide bonds. The molecule has 0 radical (unpaired) electrons. The summed E-state index contributed by atoms with van der Waals surface area (Å²) >= 11 is 5.70. The van der Waals surface area contributed by atoms with Gasteiger partial charge in [0.25, 0.3) is 5.56 Å². The second-order valence-corrected chi connectivity index (χ2v) is 3.24. The molecule has 0 bridgehead atoms. The van der Waals surface area contributed by atoms with Crippen molar-refractivity contribution < 1.29 is 4.79 Å². The van der Waals surface area contributed by atoms with Crippen LogP contribution in [0.5, 0.6) is 0 Å². The summed E-state index contributed by atoms with van der Waals surface area (Å²) in [6, 6.07) is 3.22. The first-order valence-corrected chi connectivity index (χ1v) is 4.56. The molecule has 2 heterocycles. The van der Waals surface area contributed by atoms with Gasteiger partial charge in [0.15, 0.2) is 5.65 Å². The summed E-state index contributed by atoms with van der Waals surface area (Å²) in [5, 5.41) is 0.259. The van der Waals surface area contributed by atoms with E-state index in [1.807, 2.05) is 0 Å². The van der Waals surface area contributed by atoms with Gasteiger partial charge in [0, 0.05) is 0 Å². The van der Waals surface area contributed by atoms with Gasteiger partial charge in [0.2, 0.25) is 0 Å². The van der Waals surface area contributed by atoms with Crippen molar-refractivity contribution in [3.8, 4) is 0 Å². The molecule has 0 aliphatic heterocycles. The fourth-order valence-electron chi connectivity index (χ4n) is 1.27. The fourth-order valence-corrected chi connectivity index (χ4v) is 1.41. The highest BCUT2D eigenvalue weighted by Gasteiger charge is 2.05. The predicted molar refractivity (Wildman–Crippen MR) is 54.9 cm³/mol. The van der Waals surface area contributed by atoms with Gasteiger partial charge < -0.3 is 4.79 Å². The highest BCUT2D eigenvalue weighted by Crippen LogP contribution is 2.10. The van der Waals surface area contributed by atoms with Crippen molar-refractivity contribution in [1.82, 2.24) is 14.5 Å².